The first kappa shape index (κ1) is 12.4. The van der Waals surface area contributed by atoms with E-state index in [1.165, 1.54) is 0 Å². The highest BCUT2D eigenvalue weighted by Crippen LogP contribution is 2.22. The zero-order chi connectivity index (χ0) is 12.3. The predicted octanol–water partition coefficient (Wildman–Crippen LogP) is 1.77. The van der Waals surface area contributed by atoms with Crippen molar-refractivity contribution in [3.63, 3.8) is 0 Å². The minimum atomic E-state index is 0.0532. The highest BCUT2D eigenvalue weighted by Gasteiger charge is 2.24. The molecule has 96 valence electrons. The molecule has 2 aliphatic rings. The van der Waals surface area contributed by atoms with E-state index >= 15 is 0 Å². The summed E-state index contributed by atoms with van der Waals surface area (Å²) in [5, 5.41) is 2.97. The molecule has 1 N–H and O–H groups in total. The first-order valence-electron chi connectivity index (χ1n) is 6.46. The lowest BCUT2D eigenvalue weighted by atomic mass is 9.93. The van der Waals surface area contributed by atoms with Crippen LogP contribution in [-0.4, -0.2) is 43.3 Å². The molecule has 4 nitrogen and oxygen atoms in total. The van der Waals surface area contributed by atoms with E-state index < -0.39 is 0 Å². The number of ether oxygens (including phenoxy) is 1. The third kappa shape index (κ3) is 3.46. The van der Waals surface area contributed by atoms with Crippen molar-refractivity contribution in [3.8, 4) is 0 Å². The molecule has 2 heterocycles. The van der Waals surface area contributed by atoms with Crippen molar-refractivity contribution < 1.29 is 9.53 Å². The summed E-state index contributed by atoms with van der Waals surface area (Å²) < 4.78 is 5.51. The number of hydrogen-bond acceptors (Lipinski definition) is 2. The Morgan fingerprint density at radius 1 is 1.59 bits per heavy atom. The Labute approximate surface area is 103 Å². The predicted molar refractivity (Wildman–Crippen MR) is 66.9 cm³/mol. The summed E-state index contributed by atoms with van der Waals surface area (Å²) in [5.74, 6) is 0.699. The molecule has 0 aliphatic carbocycles. The van der Waals surface area contributed by atoms with E-state index in [0.717, 1.165) is 51.1 Å². The van der Waals surface area contributed by atoms with Crippen molar-refractivity contribution in [2.75, 3.05) is 26.2 Å². The Balaban J connectivity index is 1.59. The van der Waals surface area contributed by atoms with Gasteiger partial charge in [0, 0.05) is 26.2 Å². The van der Waals surface area contributed by atoms with Gasteiger partial charge in [0.2, 0.25) is 0 Å². The maximum Gasteiger partial charge on any atom is 0.317 e. The molecule has 2 unspecified atom stereocenters. The minimum Gasteiger partial charge on any atom is -0.378 e. The van der Waals surface area contributed by atoms with Gasteiger partial charge in [-0.2, -0.15) is 0 Å². The molecule has 0 saturated carbocycles. The van der Waals surface area contributed by atoms with E-state index in [0.29, 0.717) is 12.0 Å². The van der Waals surface area contributed by atoms with Crippen molar-refractivity contribution in [2.45, 2.75) is 32.3 Å². The molecule has 17 heavy (non-hydrogen) atoms. The van der Waals surface area contributed by atoms with E-state index in [1.807, 2.05) is 0 Å². The molecule has 2 amide bonds. The Bertz CT molecular complexity index is 296. The lowest BCUT2D eigenvalue weighted by Crippen LogP contribution is -2.49. The van der Waals surface area contributed by atoms with Crippen LogP contribution in [-0.2, 0) is 4.74 Å². The van der Waals surface area contributed by atoms with E-state index in [4.69, 9.17) is 4.74 Å². The Morgan fingerprint density at radius 2 is 2.35 bits per heavy atom. The minimum absolute atomic E-state index is 0.0532. The molecule has 2 saturated heterocycles. The average Bonchev–Trinajstić information content (AvgIpc) is 2.25. The van der Waals surface area contributed by atoms with Gasteiger partial charge < -0.3 is 15.0 Å². The van der Waals surface area contributed by atoms with Gasteiger partial charge >= 0.3 is 6.03 Å². The number of carbonyl (C=O) groups excluding carboxylic acids is 1. The molecule has 0 aromatic rings. The van der Waals surface area contributed by atoms with Crippen LogP contribution in [0.5, 0.6) is 0 Å². The van der Waals surface area contributed by atoms with Crippen LogP contribution >= 0.6 is 0 Å². The van der Waals surface area contributed by atoms with Gasteiger partial charge in [-0.15, -0.1) is 0 Å². The van der Waals surface area contributed by atoms with Gasteiger partial charge in [-0.25, -0.2) is 4.79 Å². The van der Waals surface area contributed by atoms with Crippen molar-refractivity contribution in [2.24, 2.45) is 5.92 Å². The molecule has 0 aromatic heterocycles. The van der Waals surface area contributed by atoms with Crippen LogP contribution in [0.1, 0.15) is 26.2 Å². The molecule has 0 spiro atoms. The Hall–Kier alpha value is -1.03. The maximum absolute atomic E-state index is 11.6. The standard InChI is InChI=1S/C13H22N2O2/c1-10-8-15(9-10)13(16)14-5-3-12-4-6-17-11(2)7-12/h11-12H,1,3-9H2,2H3,(H,14,16). The fourth-order valence-electron chi connectivity index (χ4n) is 2.49. The molecule has 2 rings (SSSR count). The van der Waals surface area contributed by atoms with Gasteiger partial charge in [0.1, 0.15) is 0 Å². The summed E-state index contributed by atoms with van der Waals surface area (Å²) in [7, 11) is 0. The van der Waals surface area contributed by atoms with Crippen LogP contribution in [0.3, 0.4) is 0 Å². The second kappa shape index (κ2) is 5.54. The summed E-state index contributed by atoms with van der Waals surface area (Å²) in [6.07, 6.45) is 3.69. The number of nitrogens with zero attached hydrogens (tertiary/aromatic N) is 1. The third-order valence-electron chi connectivity index (χ3n) is 3.54. The van der Waals surface area contributed by atoms with E-state index in [1.54, 1.807) is 4.90 Å². The lowest BCUT2D eigenvalue weighted by molar-refractivity contribution is 0.00111. The van der Waals surface area contributed by atoms with E-state index in [-0.39, 0.29) is 6.03 Å². The average molecular weight is 238 g/mol. The normalized spacial score (nSPS) is 28.8. The largest absolute Gasteiger partial charge is 0.378 e. The van der Waals surface area contributed by atoms with Crippen molar-refractivity contribution >= 4 is 6.03 Å². The van der Waals surface area contributed by atoms with Crippen LogP contribution in [0.25, 0.3) is 0 Å². The van der Waals surface area contributed by atoms with Crippen LogP contribution in [0.15, 0.2) is 12.2 Å². The quantitative estimate of drug-likeness (QED) is 0.761. The second-order valence-corrected chi connectivity index (χ2v) is 5.20. The first-order chi connectivity index (χ1) is 8.15. The number of likely N-dealkylation sites (tertiary alicyclic amines) is 1. The highest BCUT2D eigenvalue weighted by molar-refractivity contribution is 5.76. The number of nitrogens with one attached hydrogen (secondary N) is 1. The zero-order valence-corrected chi connectivity index (χ0v) is 10.6. The summed E-state index contributed by atoms with van der Waals surface area (Å²) in [5.41, 5.74) is 1.14. The van der Waals surface area contributed by atoms with Crippen LogP contribution in [0.4, 0.5) is 4.79 Å². The van der Waals surface area contributed by atoms with Gasteiger partial charge in [-0.1, -0.05) is 6.58 Å². The molecule has 0 radical (unpaired) electrons. The number of rotatable bonds is 3. The molecule has 2 atom stereocenters. The van der Waals surface area contributed by atoms with Crippen LogP contribution < -0.4 is 5.32 Å². The summed E-state index contributed by atoms with van der Waals surface area (Å²) >= 11 is 0. The number of amides is 2. The van der Waals surface area contributed by atoms with Gasteiger partial charge in [0.15, 0.2) is 0 Å². The van der Waals surface area contributed by atoms with E-state index in [9.17, 15) is 4.79 Å². The molecule has 4 heteroatoms. The zero-order valence-electron chi connectivity index (χ0n) is 10.6. The fraction of sp³-hybridized carbons (Fsp3) is 0.769. The maximum atomic E-state index is 11.6. The molecular formula is C13H22N2O2. The highest BCUT2D eigenvalue weighted by atomic mass is 16.5. The summed E-state index contributed by atoms with van der Waals surface area (Å²) in [6.45, 7) is 9.03. The van der Waals surface area contributed by atoms with Crippen LogP contribution in [0, 0.1) is 5.92 Å². The second-order valence-electron chi connectivity index (χ2n) is 5.20. The van der Waals surface area contributed by atoms with Gasteiger partial charge in [-0.3, -0.25) is 0 Å². The van der Waals surface area contributed by atoms with Crippen molar-refractivity contribution in [1.29, 1.82) is 0 Å². The SMILES string of the molecule is C=C1CN(C(=O)NCCC2CCOC(C)C2)C1. The Kier molecular flexibility index (Phi) is 4.05. The topological polar surface area (TPSA) is 41.6 Å². The van der Waals surface area contributed by atoms with Crippen molar-refractivity contribution in [3.05, 3.63) is 12.2 Å². The lowest BCUT2D eigenvalue weighted by Gasteiger charge is -2.33. The van der Waals surface area contributed by atoms with Gasteiger partial charge in [0.05, 0.1) is 6.10 Å². The van der Waals surface area contributed by atoms with Crippen molar-refractivity contribution in [1.82, 2.24) is 10.2 Å². The van der Waals surface area contributed by atoms with E-state index in [2.05, 4.69) is 18.8 Å². The monoisotopic (exact) mass is 238 g/mol. The molecule has 0 aromatic carbocycles. The number of carbonyl (C=O) groups is 1. The smallest absolute Gasteiger partial charge is 0.317 e. The van der Waals surface area contributed by atoms with Gasteiger partial charge in [-0.05, 0) is 37.7 Å². The number of hydrogen-bond donors (Lipinski definition) is 1. The summed E-state index contributed by atoms with van der Waals surface area (Å²) in [6, 6.07) is 0.0532. The first-order valence-corrected chi connectivity index (χ1v) is 6.46. The summed E-state index contributed by atoms with van der Waals surface area (Å²) in [4.78, 5) is 13.4. The number of urea groups is 1. The van der Waals surface area contributed by atoms with Crippen LogP contribution in [0.2, 0.25) is 0 Å². The Morgan fingerprint density at radius 3 is 3.00 bits per heavy atom. The molecule has 2 fully saturated rings. The fourth-order valence-corrected chi connectivity index (χ4v) is 2.49. The van der Waals surface area contributed by atoms with Gasteiger partial charge in [0.25, 0.3) is 0 Å². The third-order valence-corrected chi connectivity index (χ3v) is 3.54. The molecule has 2 aliphatic heterocycles. The molecular weight excluding hydrogens is 216 g/mol. The molecule has 0 bridgehead atoms.